The minimum Gasteiger partial charge on any atom is -0.341 e. The number of nitro benzene ring substituents is 1. The van der Waals surface area contributed by atoms with E-state index in [1.54, 1.807) is 11.9 Å². The highest BCUT2D eigenvalue weighted by molar-refractivity contribution is 5.94. The number of amides is 1. The third-order valence-corrected chi connectivity index (χ3v) is 2.90. The predicted molar refractivity (Wildman–Crippen MR) is 62.8 cm³/mol. The zero-order chi connectivity index (χ0) is 12.4. The molecule has 0 unspecified atom stereocenters. The molecule has 1 fully saturated rings. The molecule has 0 spiro atoms. The Hall–Kier alpha value is -1.91. The van der Waals surface area contributed by atoms with Gasteiger partial charge in [0, 0.05) is 31.3 Å². The van der Waals surface area contributed by atoms with Crippen molar-refractivity contribution in [1.29, 1.82) is 0 Å². The molecule has 0 saturated heterocycles. The topological polar surface area (TPSA) is 63.5 Å². The van der Waals surface area contributed by atoms with Gasteiger partial charge in [-0.15, -0.1) is 0 Å². The molecular formula is C12H14N2O3. The summed E-state index contributed by atoms with van der Waals surface area (Å²) in [5.74, 6) is 0.564. The number of hydrogen-bond donors (Lipinski definition) is 0. The molecule has 0 heterocycles. The average Bonchev–Trinajstić information content (AvgIpc) is 3.12. The van der Waals surface area contributed by atoms with Crippen LogP contribution in [0, 0.1) is 16.0 Å². The number of carbonyl (C=O) groups is 1. The molecule has 5 heteroatoms. The van der Waals surface area contributed by atoms with Gasteiger partial charge >= 0.3 is 0 Å². The van der Waals surface area contributed by atoms with Crippen LogP contribution in [-0.2, 0) is 0 Å². The molecule has 0 aliphatic heterocycles. The Morgan fingerprint density at radius 2 is 2.00 bits per heavy atom. The van der Waals surface area contributed by atoms with E-state index >= 15 is 0 Å². The van der Waals surface area contributed by atoms with Crippen LogP contribution in [0.2, 0.25) is 0 Å². The zero-order valence-corrected chi connectivity index (χ0v) is 9.63. The van der Waals surface area contributed by atoms with Gasteiger partial charge in [-0.1, -0.05) is 0 Å². The quantitative estimate of drug-likeness (QED) is 0.591. The first-order valence-electron chi connectivity index (χ1n) is 5.58. The van der Waals surface area contributed by atoms with Crippen molar-refractivity contribution in [3.8, 4) is 0 Å². The van der Waals surface area contributed by atoms with Gasteiger partial charge in [-0.2, -0.15) is 0 Å². The fraction of sp³-hybridized carbons (Fsp3) is 0.417. The molecule has 5 nitrogen and oxygen atoms in total. The molecule has 2 rings (SSSR count). The summed E-state index contributed by atoms with van der Waals surface area (Å²) in [4.78, 5) is 23.6. The maximum atomic E-state index is 11.9. The van der Waals surface area contributed by atoms with Crippen molar-refractivity contribution in [2.24, 2.45) is 5.92 Å². The van der Waals surface area contributed by atoms with Gasteiger partial charge in [0.2, 0.25) is 0 Å². The van der Waals surface area contributed by atoms with Crippen molar-refractivity contribution < 1.29 is 9.72 Å². The van der Waals surface area contributed by atoms with E-state index in [0.29, 0.717) is 11.5 Å². The Morgan fingerprint density at radius 3 is 2.47 bits per heavy atom. The third kappa shape index (κ3) is 2.81. The molecule has 1 aromatic rings. The highest BCUT2D eigenvalue weighted by Crippen LogP contribution is 2.29. The first-order valence-corrected chi connectivity index (χ1v) is 5.58. The predicted octanol–water partition coefficient (Wildman–Crippen LogP) is 2.08. The summed E-state index contributed by atoms with van der Waals surface area (Å²) in [6.07, 6.45) is 2.38. The molecule has 90 valence electrons. The first-order chi connectivity index (χ1) is 8.08. The van der Waals surface area contributed by atoms with Crippen LogP contribution >= 0.6 is 0 Å². The largest absolute Gasteiger partial charge is 0.341 e. The number of carbonyl (C=O) groups excluding carboxylic acids is 1. The van der Waals surface area contributed by atoms with Gasteiger partial charge in [-0.05, 0) is 30.9 Å². The minimum absolute atomic E-state index is 0.00592. The Morgan fingerprint density at radius 1 is 1.41 bits per heavy atom. The summed E-state index contributed by atoms with van der Waals surface area (Å²) in [6, 6.07) is 5.73. The Bertz CT molecular complexity index is 438. The van der Waals surface area contributed by atoms with Crippen molar-refractivity contribution in [2.45, 2.75) is 12.8 Å². The molecule has 1 amide bonds. The van der Waals surface area contributed by atoms with Crippen LogP contribution in [0.3, 0.4) is 0 Å². The van der Waals surface area contributed by atoms with E-state index in [1.165, 1.54) is 37.1 Å². The third-order valence-electron chi connectivity index (χ3n) is 2.90. The van der Waals surface area contributed by atoms with Crippen molar-refractivity contribution in [3.05, 3.63) is 39.9 Å². The Balaban J connectivity index is 2.05. The molecule has 0 aromatic heterocycles. The van der Waals surface area contributed by atoms with E-state index < -0.39 is 4.92 Å². The number of nitrogens with zero attached hydrogens (tertiary/aromatic N) is 2. The molecule has 0 atom stereocenters. The lowest BCUT2D eigenvalue weighted by atomic mass is 10.2. The number of nitro groups is 1. The van der Waals surface area contributed by atoms with Gasteiger partial charge in [0.15, 0.2) is 0 Å². The normalized spacial score (nSPS) is 14.4. The van der Waals surface area contributed by atoms with Crippen molar-refractivity contribution >= 4 is 11.6 Å². The molecule has 1 aromatic carbocycles. The number of rotatable bonds is 4. The standard InChI is InChI=1S/C12H14N2O3/c1-13(8-9-2-3-9)12(15)10-4-6-11(7-5-10)14(16)17/h4-7,9H,2-3,8H2,1H3. The molecular weight excluding hydrogens is 220 g/mol. The van der Waals surface area contributed by atoms with Crippen LogP contribution in [0.25, 0.3) is 0 Å². The monoisotopic (exact) mass is 234 g/mol. The van der Waals surface area contributed by atoms with Gasteiger partial charge < -0.3 is 4.90 Å². The highest BCUT2D eigenvalue weighted by Gasteiger charge is 2.25. The van der Waals surface area contributed by atoms with Crippen molar-refractivity contribution in [2.75, 3.05) is 13.6 Å². The van der Waals surface area contributed by atoms with Gasteiger partial charge in [-0.25, -0.2) is 0 Å². The van der Waals surface area contributed by atoms with Gasteiger partial charge in [-0.3, -0.25) is 14.9 Å². The molecule has 0 bridgehead atoms. The summed E-state index contributed by atoms with van der Waals surface area (Å²) < 4.78 is 0. The van der Waals surface area contributed by atoms with E-state index in [0.717, 1.165) is 6.54 Å². The number of non-ortho nitro benzene ring substituents is 1. The molecule has 0 N–H and O–H groups in total. The van der Waals surface area contributed by atoms with Gasteiger partial charge in [0.1, 0.15) is 0 Å². The summed E-state index contributed by atoms with van der Waals surface area (Å²) >= 11 is 0. The van der Waals surface area contributed by atoms with Crippen LogP contribution in [-0.4, -0.2) is 29.3 Å². The molecule has 1 aliphatic carbocycles. The first kappa shape index (κ1) is 11.6. The SMILES string of the molecule is CN(CC1CC1)C(=O)c1ccc([N+](=O)[O-])cc1. The van der Waals surface area contributed by atoms with Gasteiger partial charge in [0.05, 0.1) is 4.92 Å². The fourth-order valence-electron chi connectivity index (χ4n) is 1.72. The summed E-state index contributed by atoms with van der Waals surface area (Å²) in [5.41, 5.74) is 0.505. The van der Waals surface area contributed by atoms with E-state index in [1.807, 2.05) is 0 Å². The second kappa shape index (κ2) is 4.53. The van der Waals surface area contributed by atoms with Crippen molar-refractivity contribution in [3.63, 3.8) is 0 Å². The van der Waals surface area contributed by atoms with Crippen LogP contribution in [0.15, 0.2) is 24.3 Å². The summed E-state index contributed by atoms with van der Waals surface area (Å²) in [6.45, 7) is 0.774. The lowest BCUT2D eigenvalue weighted by molar-refractivity contribution is -0.384. The molecule has 17 heavy (non-hydrogen) atoms. The maximum absolute atomic E-state index is 11.9. The fourth-order valence-corrected chi connectivity index (χ4v) is 1.72. The minimum atomic E-state index is -0.470. The summed E-state index contributed by atoms with van der Waals surface area (Å²) in [5, 5.41) is 10.5. The lowest BCUT2D eigenvalue weighted by Crippen LogP contribution is -2.28. The molecule has 0 radical (unpaired) electrons. The lowest BCUT2D eigenvalue weighted by Gasteiger charge is -2.16. The summed E-state index contributed by atoms with van der Waals surface area (Å²) in [7, 11) is 1.77. The van der Waals surface area contributed by atoms with E-state index in [9.17, 15) is 14.9 Å². The van der Waals surface area contributed by atoms with Crippen LogP contribution < -0.4 is 0 Å². The van der Waals surface area contributed by atoms with Crippen LogP contribution in [0.1, 0.15) is 23.2 Å². The maximum Gasteiger partial charge on any atom is 0.269 e. The average molecular weight is 234 g/mol. The number of benzene rings is 1. The van der Waals surface area contributed by atoms with Gasteiger partial charge in [0.25, 0.3) is 11.6 Å². The number of hydrogen-bond acceptors (Lipinski definition) is 3. The Kier molecular flexibility index (Phi) is 3.08. The molecule has 1 saturated carbocycles. The zero-order valence-electron chi connectivity index (χ0n) is 9.63. The highest BCUT2D eigenvalue weighted by atomic mass is 16.6. The molecule has 1 aliphatic rings. The van der Waals surface area contributed by atoms with E-state index in [-0.39, 0.29) is 11.6 Å². The van der Waals surface area contributed by atoms with Crippen LogP contribution in [0.4, 0.5) is 5.69 Å². The van der Waals surface area contributed by atoms with E-state index in [4.69, 9.17) is 0 Å². The van der Waals surface area contributed by atoms with E-state index in [2.05, 4.69) is 0 Å². The Labute approximate surface area is 99.2 Å². The van der Waals surface area contributed by atoms with Crippen LogP contribution in [0.5, 0.6) is 0 Å². The second-order valence-corrected chi connectivity index (χ2v) is 4.43. The van der Waals surface area contributed by atoms with Crippen molar-refractivity contribution in [1.82, 2.24) is 4.90 Å². The second-order valence-electron chi connectivity index (χ2n) is 4.43. The smallest absolute Gasteiger partial charge is 0.269 e.